The molecule has 9 heteroatoms. The second kappa shape index (κ2) is 7.18. The third kappa shape index (κ3) is 4.29. The molecule has 0 aliphatic rings. The van der Waals surface area contributed by atoms with Gasteiger partial charge in [-0.05, 0) is 56.3 Å². The van der Waals surface area contributed by atoms with E-state index >= 15 is 0 Å². The van der Waals surface area contributed by atoms with Crippen LogP contribution in [0.25, 0.3) is 0 Å². The monoisotopic (exact) mass is 396 g/mol. The van der Waals surface area contributed by atoms with Crippen molar-refractivity contribution in [1.82, 2.24) is 4.72 Å². The Morgan fingerprint density at radius 1 is 0.923 bits per heavy atom. The first-order valence-corrected chi connectivity index (χ1v) is 11.0. The largest absolute Gasteiger partial charge is 0.322 e. The lowest BCUT2D eigenvalue weighted by molar-refractivity contribution is 0.102. The number of rotatable bonds is 5. The highest BCUT2D eigenvalue weighted by Gasteiger charge is 2.18. The maximum atomic E-state index is 12.6. The van der Waals surface area contributed by atoms with Crippen LogP contribution in [0, 0.1) is 13.8 Å². The summed E-state index contributed by atoms with van der Waals surface area (Å²) in [5.41, 5.74) is 1.63. The van der Waals surface area contributed by atoms with Crippen LogP contribution in [0.4, 0.5) is 5.69 Å². The maximum Gasteiger partial charge on any atom is 0.255 e. The van der Waals surface area contributed by atoms with Crippen LogP contribution in [0.3, 0.4) is 0 Å². The van der Waals surface area contributed by atoms with Crippen molar-refractivity contribution in [3.8, 4) is 0 Å². The van der Waals surface area contributed by atoms with Gasteiger partial charge < -0.3 is 5.32 Å². The molecule has 7 nitrogen and oxygen atoms in total. The lowest BCUT2D eigenvalue weighted by atomic mass is 10.1. The third-order valence-electron chi connectivity index (χ3n) is 3.89. The predicted octanol–water partition coefficient (Wildman–Crippen LogP) is 1.87. The molecule has 2 aromatic rings. The molecule has 140 valence electrons. The fraction of sp³-hybridized carbons (Fsp3) is 0.235. The molecule has 0 saturated carbocycles. The molecule has 0 saturated heterocycles. The van der Waals surface area contributed by atoms with Crippen molar-refractivity contribution in [3.05, 3.63) is 53.1 Å². The summed E-state index contributed by atoms with van der Waals surface area (Å²) < 4.78 is 49.7. The van der Waals surface area contributed by atoms with E-state index in [2.05, 4.69) is 10.0 Å². The van der Waals surface area contributed by atoms with E-state index in [9.17, 15) is 21.6 Å². The topological polar surface area (TPSA) is 109 Å². The first-order valence-electron chi connectivity index (χ1n) is 7.62. The normalized spacial score (nSPS) is 12.0. The standard InChI is InChI=1S/C17H20N2O5S2/c1-11-6-8-14(25(4,21)22)10-15(11)17(20)19-13-7-5-12(2)16(9-13)26(23,24)18-3/h5-10,18H,1-4H3,(H,19,20). The lowest BCUT2D eigenvalue weighted by Gasteiger charge is -2.12. The van der Waals surface area contributed by atoms with Gasteiger partial charge in [-0.15, -0.1) is 0 Å². The average Bonchev–Trinajstić information content (AvgIpc) is 2.55. The Kier molecular flexibility index (Phi) is 5.55. The van der Waals surface area contributed by atoms with Gasteiger partial charge in [0, 0.05) is 17.5 Å². The van der Waals surface area contributed by atoms with E-state index in [0.717, 1.165) is 6.26 Å². The average molecular weight is 396 g/mol. The third-order valence-corrected chi connectivity index (χ3v) is 6.55. The van der Waals surface area contributed by atoms with Crippen LogP contribution in [0.5, 0.6) is 0 Å². The fourth-order valence-electron chi connectivity index (χ4n) is 2.35. The SMILES string of the molecule is CNS(=O)(=O)c1cc(NC(=O)c2cc(S(C)(=O)=O)ccc2C)ccc1C. The first-order chi connectivity index (χ1) is 12.0. The summed E-state index contributed by atoms with van der Waals surface area (Å²) in [6.07, 6.45) is 1.06. The molecular formula is C17H20N2O5S2. The van der Waals surface area contributed by atoms with E-state index in [1.165, 1.54) is 25.2 Å². The minimum atomic E-state index is -3.67. The first kappa shape index (κ1) is 20.1. The number of hydrogen-bond acceptors (Lipinski definition) is 5. The minimum absolute atomic E-state index is 0.0376. The molecule has 0 heterocycles. The molecule has 0 fully saturated rings. The highest BCUT2D eigenvalue weighted by Crippen LogP contribution is 2.22. The van der Waals surface area contributed by atoms with Gasteiger partial charge in [0.05, 0.1) is 9.79 Å². The number of anilines is 1. The molecule has 0 unspecified atom stereocenters. The zero-order valence-electron chi connectivity index (χ0n) is 14.8. The smallest absolute Gasteiger partial charge is 0.255 e. The number of amides is 1. The molecule has 1 amide bonds. The molecule has 0 aliphatic carbocycles. The number of hydrogen-bond donors (Lipinski definition) is 2. The molecule has 0 aliphatic heterocycles. The predicted molar refractivity (Wildman–Crippen MR) is 99.7 cm³/mol. The highest BCUT2D eigenvalue weighted by molar-refractivity contribution is 7.90. The van der Waals surface area contributed by atoms with Gasteiger partial charge in [-0.25, -0.2) is 21.6 Å². The fourth-order valence-corrected chi connectivity index (χ4v) is 3.99. The van der Waals surface area contributed by atoms with E-state index in [1.807, 2.05) is 0 Å². The van der Waals surface area contributed by atoms with Crippen molar-refractivity contribution in [1.29, 1.82) is 0 Å². The quantitative estimate of drug-likeness (QED) is 0.802. The van der Waals surface area contributed by atoms with Crippen LogP contribution in [0.15, 0.2) is 46.2 Å². The zero-order chi connectivity index (χ0) is 19.7. The van der Waals surface area contributed by atoms with Crippen molar-refractivity contribution in [2.24, 2.45) is 0 Å². The highest BCUT2D eigenvalue weighted by atomic mass is 32.2. The summed E-state index contributed by atoms with van der Waals surface area (Å²) in [4.78, 5) is 12.7. The molecule has 0 radical (unpaired) electrons. The van der Waals surface area contributed by atoms with E-state index in [-0.39, 0.29) is 15.4 Å². The number of carbonyl (C=O) groups is 1. The van der Waals surface area contributed by atoms with Crippen molar-refractivity contribution in [3.63, 3.8) is 0 Å². The summed E-state index contributed by atoms with van der Waals surface area (Å²) in [7, 11) is -5.81. The van der Waals surface area contributed by atoms with Gasteiger partial charge in [0.2, 0.25) is 10.0 Å². The molecule has 0 aromatic heterocycles. The van der Waals surface area contributed by atoms with Gasteiger partial charge in [-0.2, -0.15) is 0 Å². The van der Waals surface area contributed by atoms with E-state index in [1.54, 1.807) is 32.0 Å². The molecule has 0 spiro atoms. The Morgan fingerprint density at radius 3 is 2.12 bits per heavy atom. The van der Waals surface area contributed by atoms with Crippen LogP contribution in [0.2, 0.25) is 0 Å². The second-order valence-corrected chi connectivity index (χ2v) is 9.76. The van der Waals surface area contributed by atoms with Crippen molar-refractivity contribution >= 4 is 31.5 Å². The van der Waals surface area contributed by atoms with Gasteiger partial charge in [0.1, 0.15) is 0 Å². The Morgan fingerprint density at radius 2 is 1.54 bits per heavy atom. The molecule has 2 rings (SSSR count). The molecular weight excluding hydrogens is 376 g/mol. The zero-order valence-corrected chi connectivity index (χ0v) is 16.5. The second-order valence-electron chi connectivity index (χ2n) is 5.89. The number of benzene rings is 2. The van der Waals surface area contributed by atoms with Gasteiger partial charge in [0.15, 0.2) is 9.84 Å². The van der Waals surface area contributed by atoms with Gasteiger partial charge in [-0.1, -0.05) is 12.1 Å². The van der Waals surface area contributed by atoms with E-state index in [4.69, 9.17) is 0 Å². The van der Waals surface area contributed by atoms with Crippen LogP contribution in [-0.2, 0) is 19.9 Å². The van der Waals surface area contributed by atoms with E-state index in [0.29, 0.717) is 16.8 Å². The Bertz CT molecular complexity index is 1070. The molecule has 0 bridgehead atoms. The van der Waals surface area contributed by atoms with E-state index < -0.39 is 25.8 Å². The molecule has 2 N–H and O–H groups in total. The summed E-state index contributed by atoms with van der Waals surface area (Å²) in [6.45, 7) is 3.34. The summed E-state index contributed by atoms with van der Waals surface area (Å²) in [6, 6.07) is 8.81. The van der Waals surface area contributed by atoms with Crippen molar-refractivity contribution in [2.45, 2.75) is 23.6 Å². The number of sulfone groups is 1. The van der Waals surface area contributed by atoms with Crippen LogP contribution in [-0.4, -0.2) is 36.0 Å². The van der Waals surface area contributed by atoms with Crippen molar-refractivity contribution < 1.29 is 21.6 Å². The lowest BCUT2D eigenvalue weighted by Crippen LogP contribution is -2.20. The summed E-state index contributed by atoms with van der Waals surface area (Å²) in [5, 5.41) is 2.62. The minimum Gasteiger partial charge on any atom is -0.322 e. The van der Waals surface area contributed by atoms with Crippen molar-refractivity contribution in [2.75, 3.05) is 18.6 Å². The number of aryl methyl sites for hydroxylation is 2. The van der Waals surface area contributed by atoms with Crippen LogP contribution in [0.1, 0.15) is 21.5 Å². The van der Waals surface area contributed by atoms with Gasteiger partial charge >= 0.3 is 0 Å². The Balaban J connectivity index is 2.42. The van der Waals surface area contributed by atoms with Crippen LogP contribution >= 0.6 is 0 Å². The Labute approximate surface area is 153 Å². The summed E-state index contributed by atoms with van der Waals surface area (Å²) in [5.74, 6) is -0.523. The van der Waals surface area contributed by atoms with Crippen LogP contribution < -0.4 is 10.0 Å². The Hall–Kier alpha value is -2.23. The number of sulfonamides is 1. The molecule has 2 aromatic carbocycles. The maximum absolute atomic E-state index is 12.6. The molecule has 26 heavy (non-hydrogen) atoms. The molecule has 0 atom stereocenters. The summed E-state index contributed by atoms with van der Waals surface area (Å²) >= 11 is 0. The van der Waals surface area contributed by atoms with Gasteiger partial charge in [-0.3, -0.25) is 4.79 Å². The number of carbonyl (C=O) groups excluding carboxylic acids is 1. The number of nitrogens with one attached hydrogen (secondary N) is 2. The van der Waals surface area contributed by atoms with Gasteiger partial charge in [0.25, 0.3) is 5.91 Å².